The fourth-order valence-electron chi connectivity index (χ4n) is 0.434. The molecule has 0 unspecified atom stereocenters. The maximum absolute atomic E-state index is 10.5. The Morgan fingerprint density at radius 2 is 2.00 bits per heavy atom. The van der Waals surface area contributed by atoms with E-state index in [0.717, 1.165) is 0 Å². The summed E-state index contributed by atoms with van der Waals surface area (Å²) >= 11 is 0. The monoisotopic (exact) mass is 144 g/mol. The lowest BCUT2D eigenvalue weighted by Crippen LogP contribution is -2.51. The Morgan fingerprint density at radius 3 is 2.30 bits per heavy atom. The van der Waals surface area contributed by atoms with Crippen molar-refractivity contribution in [1.82, 2.24) is 10.6 Å². The number of carbonyl (C=O) groups is 1. The highest BCUT2D eigenvalue weighted by Gasteiger charge is 2.12. The molecule has 0 aromatic carbocycles. The van der Waals surface area contributed by atoms with Gasteiger partial charge in [0.15, 0.2) is 0 Å². The van der Waals surface area contributed by atoms with Crippen LogP contribution >= 0.6 is 0 Å². The molecule has 0 aromatic rings. The zero-order chi connectivity index (χ0) is 8.20. The molecule has 0 aliphatic rings. The van der Waals surface area contributed by atoms with Crippen molar-refractivity contribution in [3.05, 3.63) is 0 Å². The van der Waals surface area contributed by atoms with Crippen LogP contribution < -0.4 is 10.6 Å². The Hall–Kier alpha value is -0.410. The Morgan fingerprint density at radius 1 is 1.50 bits per heavy atom. The average molecular weight is 144 g/mol. The van der Waals surface area contributed by atoms with Crippen LogP contribution in [0.2, 0.25) is 0 Å². The first-order chi connectivity index (χ1) is 4.48. The largest absolute Gasteiger partial charge is 0.303 e. The van der Waals surface area contributed by atoms with Gasteiger partial charge < -0.3 is 5.32 Å². The van der Waals surface area contributed by atoms with Crippen molar-refractivity contribution in [2.45, 2.75) is 26.4 Å². The van der Waals surface area contributed by atoms with Crippen LogP contribution in [0.4, 0.5) is 0 Å². The normalized spacial score (nSPS) is 11.6. The van der Waals surface area contributed by atoms with E-state index in [9.17, 15) is 4.79 Å². The van der Waals surface area contributed by atoms with Crippen LogP contribution in [0.15, 0.2) is 0 Å². The van der Waals surface area contributed by atoms with E-state index in [1.165, 1.54) is 0 Å². The highest BCUT2D eigenvalue weighted by Crippen LogP contribution is 1.92. The lowest BCUT2D eigenvalue weighted by molar-refractivity contribution is -0.116. The molecular weight excluding hydrogens is 128 g/mol. The van der Waals surface area contributed by atoms with Crippen molar-refractivity contribution in [2.75, 3.05) is 13.6 Å². The molecule has 0 aliphatic carbocycles. The summed E-state index contributed by atoms with van der Waals surface area (Å²) in [6, 6.07) is 0. The van der Waals surface area contributed by atoms with E-state index in [1.807, 2.05) is 20.9 Å². The molecule has 0 spiro atoms. The Balaban J connectivity index is 3.56. The topological polar surface area (TPSA) is 41.1 Å². The van der Waals surface area contributed by atoms with Gasteiger partial charge in [0, 0.05) is 0 Å². The minimum absolute atomic E-state index is 0.147. The van der Waals surface area contributed by atoms with Crippen LogP contribution in [-0.4, -0.2) is 25.0 Å². The number of hydrogen-bond donors (Lipinski definition) is 2. The molecule has 0 aliphatic heterocycles. The van der Waals surface area contributed by atoms with Crippen LogP contribution in [0, 0.1) is 0 Å². The summed E-state index contributed by atoms with van der Waals surface area (Å²) in [6.45, 7) is 5.96. The van der Waals surface area contributed by atoms with Crippen molar-refractivity contribution >= 4 is 5.78 Å². The number of nitrogens with one attached hydrogen (secondary N) is 2. The molecule has 0 saturated heterocycles. The maximum Gasteiger partial charge on any atom is 0.143 e. The van der Waals surface area contributed by atoms with Crippen LogP contribution in [0.1, 0.15) is 20.8 Å². The second-order valence-electron chi connectivity index (χ2n) is 2.93. The van der Waals surface area contributed by atoms with E-state index in [0.29, 0.717) is 6.54 Å². The van der Waals surface area contributed by atoms with Gasteiger partial charge in [-0.3, -0.25) is 10.1 Å². The van der Waals surface area contributed by atoms with Gasteiger partial charge in [-0.1, -0.05) is 0 Å². The summed E-state index contributed by atoms with van der Waals surface area (Å²) in [6.07, 6.45) is 0. The summed E-state index contributed by atoms with van der Waals surface area (Å²) in [5.41, 5.74) is -0.147. The molecule has 0 atom stereocenters. The predicted octanol–water partition coefficient (Wildman–Crippen LogP) is 0.120. The fraction of sp³-hybridized carbons (Fsp3) is 0.857. The quantitative estimate of drug-likeness (QED) is 0.551. The molecule has 0 aromatic heterocycles. The lowest BCUT2D eigenvalue weighted by Gasteiger charge is -2.24. The zero-order valence-electron chi connectivity index (χ0n) is 7.12. The second-order valence-corrected chi connectivity index (χ2v) is 2.93. The van der Waals surface area contributed by atoms with Gasteiger partial charge in [0.1, 0.15) is 5.78 Å². The molecule has 0 rings (SSSR count). The molecule has 0 radical (unpaired) electrons. The number of hydrogen-bond acceptors (Lipinski definition) is 3. The van der Waals surface area contributed by atoms with E-state index in [-0.39, 0.29) is 11.4 Å². The smallest absolute Gasteiger partial charge is 0.143 e. The van der Waals surface area contributed by atoms with Crippen molar-refractivity contribution < 1.29 is 4.79 Å². The summed E-state index contributed by atoms with van der Waals surface area (Å²) in [5.74, 6) is 0.156. The molecule has 0 saturated carbocycles. The summed E-state index contributed by atoms with van der Waals surface area (Å²) in [7, 11) is 1.85. The van der Waals surface area contributed by atoms with Gasteiger partial charge in [0.05, 0.1) is 12.2 Å². The minimum Gasteiger partial charge on any atom is -0.303 e. The SMILES string of the molecule is CNC(C)(C)NCC(C)=O. The molecule has 3 heteroatoms. The fourth-order valence-corrected chi connectivity index (χ4v) is 0.434. The van der Waals surface area contributed by atoms with Crippen molar-refractivity contribution in [1.29, 1.82) is 0 Å². The van der Waals surface area contributed by atoms with Crippen LogP contribution in [0.3, 0.4) is 0 Å². The third kappa shape index (κ3) is 4.47. The van der Waals surface area contributed by atoms with Gasteiger partial charge in [-0.15, -0.1) is 0 Å². The summed E-state index contributed by atoms with van der Waals surface area (Å²) < 4.78 is 0. The standard InChI is InChI=1S/C7H16N2O/c1-6(10)5-9-7(2,3)8-4/h8-9H,5H2,1-4H3. The predicted molar refractivity (Wildman–Crippen MR) is 41.8 cm³/mol. The van der Waals surface area contributed by atoms with E-state index in [1.54, 1.807) is 6.92 Å². The molecule has 0 heterocycles. The van der Waals surface area contributed by atoms with Gasteiger partial charge in [-0.05, 0) is 27.8 Å². The third-order valence-corrected chi connectivity index (χ3v) is 1.40. The molecule has 0 fully saturated rings. The van der Waals surface area contributed by atoms with Gasteiger partial charge in [0.25, 0.3) is 0 Å². The van der Waals surface area contributed by atoms with Crippen molar-refractivity contribution in [2.24, 2.45) is 0 Å². The molecular formula is C7H16N2O. The maximum atomic E-state index is 10.5. The van der Waals surface area contributed by atoms with Crippen LogP contribution in [0.25, 0.3) is 0 Å². The first-order valence-corrected chi connectivity index (χ1v) is 3.41. The van der Waals surface area contributed by atoms with Crippen molar-refractivity contribution in [3.8, 4) is 0 Å². The first-order valence-electron chi connectivity index (χ1n) is 3.41. The van der Waals surface area contributed by atoms with E-state index in [2.05, 4.69) is 10.6 Å². The van der Waals surface area contributed by atoms with E-state index in [4.69, 9.17) is 0 Å². The molecule has 10 heavy (non-hydrogen) atoms. The lowest BCUT2D eigenvalue weighted by atomic mass is 10.2. The number of carbonyl (C=O) groups excluding carboxylic acids is 1. The Bertz CT molecular complexity index is 121. The molecule has 2 N–H and O–H groups in total. The van der Waals surface area contributed by atoms with Crippen LogP contribution in [0.5, 0.6) is 0 Å². The van der Waals surface area contributed by atoms with Gasteiger partial charge in [0.2, 0.25) is 0 Å². The first kappa shape index (κ1) is 9.59. The van der Waals surface area contributed by atoms with E-state index >= 15 is 0 Å². The zero-order valence-corrected chi connectivity index (χ0v) is 7.12. The summed E-state index contributed by atoms with van der Waals surface area (Å²) in [4.78, 5) is 10.5. The third-order valence-electron chi connectivity index (χ3n) is 1.40. The second kappa shape index (κ2) is 3.68. The molecule has 0 bridgehead atoms. The van der Waals surface area contributed by atoms with Crippen LogP contribution in [-0.2, 0) is 4.79 Å². The highest BCUT2D eigenvalue weighted by molar-refractivity contribution is 5.77. The van der Waals surface area contributed by atoms with Gasteiger partial charge in [-0.2, -0.15) is 0 Å². The Labute approximate surface area is 62.2 Å². The number of ketones is 1. The minimum atomic E-state index is -0.147. The van der Waals surface area contributed by atoms with Gasteiger partial charge in [-0.25, -0.2) is 0 Å². The number of rotatable bonds is 4. The van der Waals surface area contributed by atoms with Crippen molar-refractivity contribution in [3.63, 3.8) is 0 Å². The molecule has 0 amide bonds. The molecule has 3 nitrogen and oxygen atoms in total. The highest BCUT2D eigenvalue weighted by atomic mass is 16.1. The molecule has 60 valence electrons. The van der Waals surface area contributed by atoms with E-state index < -0.39 is 0 Å². The summed E-state index contributed by atoms with van der Waals surface area (Å²) in [5, 5.41) is 6.08. The van der Waals surface area contributed by atoms with Gasteiger partial charge >= 0.3 is 0 Å². The average Bonchev–Trinajstić information content (AvgIpc) is 1.85. The Kier molecular flexibility index (Phi) is 3.53. The number of Topliss-reactive ketones (excluding diaryl/α,β-unsaturated/α-hetero) is 1.